The number of rotatable bonds is 6. The smallest absolute Gasteiger partial charge is 0.291 e. The van der Waals surface area contributed by atoms with Gasteiger partial charge in [0.25, 0.3) is 11.8 Å². The number of hydrogen-bond acceptors (Lipinski definition) is 4. The summed E-state index contributed by atoms with van der Waals surface area (Å²) in [5, 5.41) is 5.62. The van der Waals surface area contributed by atoms with Crippen molar-refractivity contribution >= 4 is 23.2 Å². The van der Waals surface area contributed by atoms with Gasteiger partial charge in [-0.1, -0.05) is 12.1 Å². The van der Waals surface area contributed by atoms with Crippen LogP contribution in [0.1, 0.15) is 33.4 Å². The Labute approximate surface area is 157 Å². The molecule has 138 valence electrons. The molecule has 0 saturated carbocycles. The van der Waals surface area contributed by atoms with Gasteiger partial charge in [-0.3, -0.25) is 9.59 Å². The molecule has 2 N–H and O–H groups in total. The minimum atomic E-state index is -0.356. The van der Waals surface area contributed by atoms with E-state index in [0.29, 0.717) is 29.3 Å². The number of aryl methyl sites for hydroxylation is 1. The largest absolute Gasteiger partial charge is 0.494 e. The summed E-state index contributed by atoms with van der Waals surface area (Å²) in [5.74, 6) is 0.245. The van der Waals surface area contributed by atoms with Crippen molar-refractivity contribution in [3.8, 4) is 5.75 Å². The molecule has 0 spiro atoms. The first-order chi connectivity index (χ1) is 13.1. The van der Waals surface area contributed by atoms with Crippen molar-refractivity contribution in [1.82, 2.24) is 0 Å². The molecule has 0 aliphatic heterocycles. The van der Waals surface area contributed by atoms with Crippen molar-refractivity contribution in [2.75, 3.05) is 17.2 Å². The molecule has 1 heterocycles. The Morgan fingerprint density at radius 2 is 1.85 bits per heavy atom. The number of ether oxygens (including phenoxy) is 1. The SMILES string of the molecule is CCOc1cccc(C(=O)Nc2cc(NC(=O)c3ccco3)ccc2C)c1. The number of carbonyl (C=O) groups is 2. The standard InChI is InChI=1S/C21H20N2O4/c1-3-26-17-7-4-6-15(12-17)20(24)23-18-13-16(10-9-14(18)2)22-21(25)19-8-5-11-27-19/h4-13H,3H2,1-2H3,(H,22,25)(H,23,24). The highest BCUT2D eigenvalue weighted by Crippen LogP contribution is 2.22. The van der Waals surface area contributed by atoms with Gasteiger partial charge < -0.3 is 19.8 Å². The van der Waals surface area contributed by atoms with Crippen molar-refractivity contribution in [2.45, 2.75) is 13.8 Å². The Balaban J connectivity index is 1.75. The molecule has 27 heavy (non-hydrogen) atoms. The second-order valence-electron chi connectivity index (χ2n) is 5.88. The zero-order valence-electron chi connectivity index (χ0n) is 15.1. The summed E-state index contributed by atoms with van der Waals surface area (Å²) in [4.78, 5) is 24.7. The predicted molar refractivity (Wildman–Crippen MR) is 103 cm³/mol. The van der Waals surface area contributed by atoms with Gasteiger partial charge in [-0.2, -0.15) is 0 Å². The van der Waals surface area contributed by atoms with Crippen molar-refractivity contribution in [2.24, 2.45) is 0 Å². The van der Waals surface area contributed by atoms with Gasteiger partial charge in [-0.05, 0) is 61.9 Å². The maximum atomic E-state index is 12.6. The highest BCUT2D eigenvalue weighted by atomic mass is 16.5. The van der Waals surface area contributed by atoms with Crippen LogP contribution in [-0.2, 0) is 0 Å². The topological polar surface area (TPSA) is 80.6 Å². The fraction of sp³-hybridized carbons (Fsp3) is 0.143. The Bertz CT molecular complexity index is 949. The minimum Gasteiger partial charge on any atom is -0.494 e. The number of furan rings is 1. The molecule has 6 heteroatoms. The molecule has 0 saturated heterocycles. The van der Waals surface area contributed by atoms with Crippen LogP contribution in [0, 0.1) is 6.92 Å². The fourth-order valence-corrected chi connectivity index (χ4v) is 2.52. The summed E-state index contributed by atoms with van der Waals surface area (Å²) >= 11 is 0. The molecule has 0 aliphatic rings. The first kappa shape index (κ1) is 18.3. The zero-order chi connectivity index (χ0) is 19.2. The molecule has 1 aromatic heterocycles. The molecule has 0 atom stereocenters. The van der Waals surface area contributed by atoms with E-state index in [0.717, 1.165) is 5.56 Å². The molecule has 6 nitrogen and oxygen atoms in total. The van der Waals surface area contributed by atoms with E-state index in [2.05, 4.69) is 10.6 Å². The van der Waals surface area contributed by atoms with Crippen molar-refractivity contribution in [3.05, 3.63) is 77.7 Å². The molecular formula is C21H20N2O4. The minimum absolute atomic E-state index is 0.217. The number of carbonyl (C=O) groups excluding carboxylic acids is 2. The maximum Gasteiger partial charge on any atom is 0.291 e. The Hall–Kier alpha value is -3.54. The van der Waals surface area contributed by atoms with Gasteiger partial charge in [0.05, 0.1) is 12.9 Å². The summed E-state index contributed by atoms with van der Waals surface area (Å²) in [6.45, 7) is 4.30. The van der Waals surface area contributed by atoms with Crippen LogP contribution in [-0.4, -0.2) is 18.4 Å². The summed E-state index contributed by atoms with van der Waals surface area (Å²) in [5.41, 5.74) is 2.53. The van der Waals surface area contributed by atoms with Gasteiger partial charge in [-0.25, -0.2) is 0 Å². The van der Waals surface area contributed by atoms with Gasteiger partial charge in [0.15, 0.2) is 5.76 Å². The van der Waals surface area contributed by atoms with E-state index in [1.54, 1.807) is 48.5 Å². The Morgan fingerprint density at radius 3 is 2.59 bits per heavy atom. The third-order valence-corrected chi connectivity index (χ3v) is 3.90. The summed E-state index contributed by atoms with van der Waals surface area (Å²) in [6, 6.07) is 15.5. The number of anilines is 2. The second kappa shape index (κ2) is 8.23. The highest BCUT2D eigenvalue weighted by Gasteiger charge is 2.12. The lowest BCUT2D eigenvalue weighted by Gasteiger charge is -2.12. The molecule has 3 aromatic rings. The van der Waals surface area contributed by atoms with Gasteiger partial charge in [0.2, 0.25) is 0 Å². The maximum absolute atomic E-state index is 12.6. The normalized spacial score (nSPS) is 10.3. The van der Waals surface area contributed by atoms with E-state index >= 15 is 0 Å². The summed E-state index contributed by atoms with van der Waals surface area (Å²) in [6.07, 6.45) is 1.44. The summed E-state index contributed by atoms with van der Waals surface area (Å²) < 4.78 is 10.5. The second-order valence-corrected chi connectivity index (χ2v) is 5.88. The van der Waals surface area contributed by atoms with E-state index in [-0.39, 0.29) is 17.6 Å². The van der Waals surface area contributed by atoms with Gasteiger partial charge in [-0.15, -0.1) is 0 Å². The molecule has 0 bridgehead atoms. The molecule has 0 fully saturated rings. The predicted octanol–water partition coefficient (Wildman–Crippen LogP) is 4.49. The van der Waals surface area contributed by atoms with Crippen LogP contribution in [0.4, 0.5) is 11.4 Å². The van der Waals surface area contributed by atoms with Crippen LogP contribution in [0.25, 0.3) is 0 Å². The zero-order valence-corrected chi connectivity index (χ0v) is 15.1. The third-order valence-electron chi connectivity index (χ3n) is 3.90. The van der Waals surface area contributed by atoms with Crippen LogP contribution in [0.2, 0.25) is 0 Å². The highest BCUT2D eigenvalue weighted by molar-refractivity contribution is 6.06. The van der Waals surface area contributed by atoms with Gasteiger partial charge >= 0.3 is 0 Å². The van der Waals surface area contributed by atoms with Gasteiger partial charge in [0, 0.05) is 16.9 Å². The van der Waals surface area contributed by atoms with E-state index in [1.165, 1.54) is 6.26 Å². The van der Waals surface area contributed by atoms with E-state index in [4.69, 9.17) is 9.15 Å². The molecular weight excluding hydrogens is 344 g/mol. The number of hydrogen-bond donors (Lipinski definition) is 2. The monoisotopic (exact) mass is 364 g/mol. The van der Waals surface area contributed by atoms with Crippen LogP contribution in [0.5, 0.6) is 5.75 Å². The quantitative estimate of drug-likeness (QED) is 0.675. The van der Waals surface area contributed by atoms with E-state index in [1.807, 2.05) is 19.9 Å². The number of nitrogens with one attached hydrogen (secondary N) is 2. The van der Waals surface area contributed by atoms with Crippen LogP contribution in [0.15, 0.2) is 65.3 Å². The van der Waals surface area contributed by atoms with Crippen LogP contribution < -0.4 is 15.4 Å². The Kier molecular flexibility index (Phi) is 5.56. The number of benzene rings is 2. The van der Waals surface area contributed by atoms with Crippen molar-refractivity contribution in [1.29, 1.82) is 0 Å². The lowest BCUT2D eigenvalue weighted by atomic mass is 10.1. The van der Waals surface area contributed by atoms with E-state index in [9.17, 15) is 9.59 Å². The molecule has 0 unspecified atom stereocenters. The van der Waals surface area contributed by atoms with Crippen molar-refractivity contribution in [3.63, 3.8) is 0 Å². The fourth-order valence-electron chi connectivity index (χ4n) is 2.52. The van der Waals surface area contributed by atoms with Gasteiger partial charge in [0.1, 0.15) is 5.75 Å². The Morgan fingerprint density at radius 1 is 1.00 bits per heavy atom. The number of amides is 2. The molecule has 0 radical (unpaired) electrons. The molecule has 2 amide bonds. The third kappa shape index (κ3) is 4.55. The first-order valence-electron chi connectivity index (χ1n) is 8.56. The van der Waals surface area contributed by atoms with Crippen LogP contribution in [0.3, 0.4) is 0 Å². The van der Waals surface area contributed by atoms with Crippen LogP contribution >= 0.6 is 0 Å². The average Bonchev–Trinajstić information content (AvgIpc) is 3.20. The lowest BCUT2D eigenvalue weighted by Crippen LogP contribution is -2.14. The average molecular weight is 364 g/mol. The first-order valence-corrected chi connectivity index (χ1v) is 8.56. The van der Waals surface area contributed by atoms with Crippen molar-refractivity contribution < 1.29 is 18.7 Å². The molecule has 2 aromatic carbocycles. The molecule has 3 rings (SSSR count). The lowest BCUT2D eigenvalue weighted by molar-refractivity contribution is 0.0995. The summed E-state index contributed by atoms with van der Waals surface area (Å²) in [7, 11) is 0. The van der Waals surface area contributed by atoms with E-state index < -0.39 is 0 Å². The molecule has 0 aliphatic carbocycles.